The number of piperidine rings is 1. The fourth-order valence-corrected chi connectivity index (χ4v) is 2.83. The molecule has 1 fully saturated rings. The van der Waals surface area contributed by atoms with E-state index in [0.717, 1.165) is 44.6 Å². The maximum atomic E-state index is 13.4. The Bertz CT molecular complexity index is 517. The van der Waals surface area contributed by atoms with Crippen LogP contribution in [0.3, 0.4) is 0 Å². The molecule has 0 atom stereocenters. The first-order valence-corrected chi connectivity index (χ1v) is 8.10. The van der Waals surface area contributed by atoms with E-state index >= 15 is 0 Å². The van der Waals surface area contributed by atoms with Crippen molar-refractivity contribution in [1.29, 1.82) is 0 Å². The van der Waals surface area contributed by atoms with Crippen LogP contribution < -0.4 is 10.1 Å². The number of ether oxygens (including phenoxy) is 1. The second-order valence-corrected chi connectivity index (χ2v) is 5.91. The van der Waals surface area contributed by atoms with Crippen molar-refractivity contribution in [2.45, 2.75) is 25.7 Å². The highest BCUT2D eigenvalue weighted by atomic mass is 19.1. The number of nitrogens with one attached hydrogen (secondary N) is 1. The number of likely N-dealkylation sites (tertiary alicyclic amines) is 1. The van der Waals surface area contributed by atoms with E-state index in [4.69, 9.17) is 4.74 Å². The van der Waals surface area contributed by atoms with Gasteiger partial charge in [0.15, 0.2) is 11.6 Å². The molecule has 1 aromatic carbocycles. The van der Waals surface area contributed by atoms with Gasteiger partial charge in [0, 0.05) is 25.6 Å². The quantitative estimate of drug-likeness (QED) is 0.783. The molecule has 0 spiro atoms. The van der Waals surface area contributed by atoms with Crippen LogP contribution in [0.5, 0.6) is 5.75 Å². The topological polar surface area (TPSA) is 41.6 Å². The molecule has 0 unspecified atom stereocenters. The zero-order chi connectivity index (χ0) is 16.7. The van der Waals surface area contributed by atoms with Crippen LogP contribution >= 0.6 is 0 Å². The summed E-state index contributed by atoms with van der Waals surface area (Å²) in [4.78, 5) is 14.0. The summed E-state index contributed by atoms with van der Waals surface area (Å²) >= 11 is 0. The molecule has 1 N–H and O–H groups in total. The van der Waals surface area contributed by atoms with E-state index in [1.807, 2.05) is 11.9 Å². The number of benzene rings is 1. The Morgan fingerprint density at radius 2 is 2.09 bits per heavy atom. The van der Waals surface area contributed by atoms with E-state index in [0.29, 0.717) is 18.8 Å². The number of amides is 1. The number of carbonyl (C=O) groups is 1. The molecule has 0 saturated carbocycles. The van der Waals surface area contributed by atoms with Crippen molar-refractivity contribution in [3.8, 4) is 5.75 Å². The second kappa shape index (κ2) is 8.82. The van der Waals surface area contributed by atoms with Gasteiger partial charge in [-0.05, 0) is 50.9 Å². The maximum absolute atomic E-state index is 13.4. The summed E-state index contributed by atoms with van der Waals surface area (Å²) in [7, 11) is 1.95. The smallest absolute Gasteiger partial charge is 0.222 e. The van der Waals surface area contributed by atoms with Gasteiger partial charge < -0.3 is 15.0 Å². The number of nitrogens with zero attached hydrogens (tertiary/aromatic N) is 1. The molecule has 23 heavy (non-hydrogen) atoms. The summed E-state index contributed by atoms with van der Waals surface area (Å²) in [6, 6.07) is 3.20. The Labute approximate surface area is 135 Å². The first-order valence-electron chi connectivity index (χ1n) is 8.10. The number of halogens is 2. The third-order valence-electron chi connectivity index (χ3n) is 4.15. The Balaban J connectivity index is 1.65. The first-order chi connectivity index (χ1) is 11.1. The standard InChI is InChI=1S/C17H24F2N2O2/c1-20-12-13-6-8-21(9-7-13)17(22)3-2-10-23-16-5-4-14(18)11-15(16)19/h4-5,11,13,20H,2-3,6-10,12H2,1H3. The van der Waals surface area contributed by atoms with Crippen molar-refractivity contribution in [2.24, 2.45) is 5.92 Å². The molecule has 1 aliphatic rings. The normalized spacial score (nSPS) is 15.7. The highest BCUT2D eigenvalue weighted by molar-refractivity contribution is 5.76. The summed E-state index contributed by atoms with van der Waals surface area (Å²) in [5.41, 5.74) is 0. The lowest BCUT2D eigenvalue weighted by molar-refractivity contribution is -0.132. The van der Waals surface area contributed by atoms with Gasteiger partial charge >= 0.3 is 0 Å². The molecular formula is C17H24F2N2O2. The highest BCUT2D eigenvalue weighted by Crippen LogP contribution is 2.19. The largest absolute Gasteiger partial charge is 0.491 e. The second-order valence-electron chi connectivity index (χ2n) is 5.91. The fraction of sp³-hybridized carbons (Fsp3) is 0.588. The lowest BCUT2D eigenvalue weighted by atomic mass is 9.96. The lowest BCUT2D eigenvalue weighted by Crippen LogP contribution is -2.40. The van der Waals surface area contributed by atoms with Gasteiger partial charge in [0.25, 0.3) is 0 Å². The summed E-state index contributed by atoms with van der Waals surface area (Å²) in [5, 5.41) is 3.17. The summed E-state index contributed by atoms with van der Waals surface area (Å²) in [6.07, 6.45) is 2.97. The van der Waals surface area contributed by atoms with Gasteiger partial charge in [0.05, 0.1) is 6.61 Å². The van der Waals surface area contributed by atoms with E-state index in [1.165, 1.54) is 6.07 Å². The third kappa shape index (κ3) is 5.46. The summed E-state index contributed by atoms with van der Waals surface area (Å²) in [6.45, 7) is 2.85. The lowest BCUT2D eigenvalue weighted by Gasteiger charge is -2.32. The molecule has 1 heterocycles. The fourth-order valence-electron chi connectivity index (χ4n) is 2.83. The van der Waals surface area contributed by atoms with Crippen molar-refractivity contribution < 1.29 is 18.3 Å². The predicted molar refractivity (Wildman–Crippen MR) is 84.3 cm³/mol. The Hall–Kier alpha value is -1.69. The van der Waals surface area contributed by atoms with Crippen molar-refractivity contribution in [3.63, 3.8) is 0 Å². The van der Waals surface area contributed by atoms with Gasteiger partial charge in [0.2, 0.25) is 5.91 Å². The van der Waals surface area contributed by atoms with E-state index in [-0.39, 0.29) is 18.3 Å². The van der Waals surface area contributed by atoms with Crippen molar-refractivity contribution in [3.05, 3.63) is 29.8 Å². The maximum Gasteiger partial charge on any atom is 0.222 e. The predicted octanol–water partition coefficient (Wildman–Crippen LogP) is 2.58. The molecule has 0 bridgehead atoms. The van der Waals surface area contributed by atoms with Gasteiger partial charge in [-0.25, -0.2) is 8.78 Å². The zero-order valence-corrected chi connectivity index (χ0v) is 13.5. The van der Waals surface area contributed by atoms with Gasteiger partial charge in [-0.3, -0.25) is 4.79 Å². The molecule has 0 aromatic heterocycles. The van der Waals surface area contributed by atoms with Crippen LogP contribution in [0.25, 0.3) is 0 Å². The minimum Gasteiger partial charge on any atom is -0.491 e. The average molecular weight is 326 g/mol. The molecule has 1 aromatic rings. The van der Waals surface area contributed by atoms with Crippen LogP contribution in [0.2, 0.25) is 0 Å². The minimum absolute atomic E-state index is 0.0201. The third-order valence-corrected chi connectivity index (χ3v) is 4.15. The molecule has 0 radical (unpaired) electrons. The van der Waals surface area contributed by atoms with Crippen molar-refractivity contribution in [2.75, 3.05) is 33.3 Å². The van der Waals surface area contributed by atoms with E-state index in [1.54, 1.807) is 0 Å². The number of carbonyl (C=O) groups excluding carboxylic acids is 1. The van der Waals surface area contributed by atoms with Gasteiger partial charge in [-0.1, -0.05) is 0 Å². The van der Waals surface area contributed by atoms with Gasteiger partial charge in [-0.15, -0.1) is 0 Å². The highest BCUT2D eigenvalue weighted by Gasteiger charge is 2.21. The van der Waals surface area contributed by atoms with Crippen LogP contribution in [0, 0.1) is 17.6 Å². The zero-order valence-electron chi connectivity index (χ0n) is 13.5. The SMILES string of the molecule is CNCC1CCN(C(=O)CCCOc2ccc(F)cc2F)CC1. The summed E-state index contributed by atoms with van der Waals surface area (Å²) < 4.78 is 31.4. The van der Waals surface area contributed by atoms with Crippen LogP contribution in [0.15, 0.2) is 18.2 Å². The molecule has 1 amide bonds. The minimum atomic E-state index is -0.720. The average Bonchev–Trinajstić information content (AvgIpc) is 2.54. The molecule has 6 heteroatoms. The number of hydrogen-bond acceptors (Lipinski definition) is 3. The van der Waals surface area contributed by atoms with Crippen LogP contribution in [-0.2, 0) is 4.79 Å². The molecule has 0 aliphatic carbocycles. The Morgan fingerprint density at radius 3 is 2.74 bits per heavy atom. The Morgan fingerprint density at radius 1 is 1.35 bits per heavy atom. The first kappa shape index (κ1) is 17.7. The van der Waals surface area contributed by atoms with Crippen molar-refractivity contribution in [1.82, 2.24) is 10.2 Å². The van der Waals surface area contributed by atoms with Gasteiger partial charge in [-0.2, -0.15) is 0 Å². The monoisotopic (exact) mass is 326 g/mol. The molecule has 1 aliphatic heterocycles. The van der Waals surface area contributed by atoms with Crippen LogP contribution in [-0.4, -0.2) is 44.1 Å². The Kier molecular flexibility index (Phi) is 6.77. The molecule has 128 valence electrons. The summed E-state index contributed by atoms with van der Waals surface area (Å²) in [5.74, 6) is -0.564. The van der Waals surface area contributed by atoms with Gasteiger partial charge in [0.1, 0.15) is 5.82 Å². The van der Waals surface area contributed by atoms with Crippen LogP contribution in [0.4, 0.5) is 8.78 Å². The van der Waals surface area contributed by atoms with E-state index < -0.39 is 11.6 Å². The van der Waals surface area contributed by atoms with E-state index in [9.17, 15) is 13.6 Å². The van der Waals surface area contributed by atoms with E-state index in [2.05, 4.69) is 5.32 Å². The number of hydrogen-bond donors (Lipinski definition) is 1. The molecular weight excluding hydrogens is 302 g/mol. The van der Waals surface area contributed by atoms with Crippen LogP contribution in [0.1, 0.15) is 25.7 Å². The molecule has 1 saturated heterocycles. The molecule has 2 rings (SSSR count). The number of rotatable bonds is 7. The molecule has 4 nitrogen and oxygen atoms in total. The van der Waals surface area contributed by atoms with Crippen molar-refractivity contribution >= 4 is 5.91 Å².